The van der Waals surface area contributed by atoms with Crippen LogP contribution in [0, 0.1) is 0 Å². The van der Waals surface area contributed by atoms with Crippen molar-refractivity contribution in [3.05, 3.63) is 59.7 Å². The summed E-state index contributed by atoms with van der Waals surface area (Å²) in [5.74, 6) is -0.633. The molecule has 0 aliphatic rings. The number of Topliss-reactive ketones (excluding diaryl/α,β-unsaturated/α-hetero) is 1. The molecule has 0 spiro atoms. The van der Waals surface area contributed by atoms with E-state index >= 15 is 0 Å². The summed E-state index contributed by atoms with van der Waals surface area (Å²) < 4.78 is 5.14. The number of ketones is 1. The minimum absolute atomic E-state index is 0.0311. The van der Waals surface area contributed by atoms with Gasteiger partial charge in [0.1, 0.15) is 0 Å². The first-order valence-corrected chi connectivity index (χ1v) is 8.91. The molecule has 0 heterocycles. The van der Waals surface area contributed by atoms with Crippen LogP contribution in [-0.2, 0) is 9.53 Å². The van der Waals surface area contributed by atoms with Crippen molar-refractivity contribution < 1.29 is 19.1 Å². The molecule has 0 saturated carbocycles. The van der Waals surface area contributed by atoms with Gasteiger partial charge in [-0.2, -0.15) is 0 Å². The number of rotatable bonds is 9. The second kappa shape index (κ2) is 10.1. The molecule has 6 heteroatoms. The van der Waals surface area contributed by atoms with Crippen LogP contribution in [0.25, 0.3) is 0 Å². The van der Waals surface area contributed by atoms with E-state index in [1.54, 1.807) is 48.5 Å². The van der Waals surface area contributed by atoms with Gasteiger partial charge in [-0.25, -0.2) is 4.79 Å². The number of esters is 1. The molecule has 2 N–H and O–H groups in total. The van der Waals surface area contributed by atoms with Crippen molar-refractivity contribution in [2.24, 2.45) is 0 Å². The third-order valence-electron chi connectivity index (χ3n) is 3.86. The summed E-state index contributed by atoms with van der Waals surface area (Å²) in [7, 11) is 0. The average Bonchev–Trinajstić information content (AvgIpc) is 2.67. The number of ether oxygens (including phenoxy) is 1. The molecule has 0 bridgehead atoms. The van der Waals surface area contributed by atoms with Crippen LogP contribution >= 0.6 is 0 Å². The molecule has 0 radical (unpaired) electrons. The van der Waals surface area contributed by atoms with E-state index in [-0.39, 0.29) is 24.2 Å². The summed E-state index contributed by atoms with van der Waals surface area (Å²) in [5, 5.41) is 5.73. The molecule has 1 amide bonds. The van der Waals surface area contributed by atoms with Crippen LogP contribution in [0.5, 0.6) is 0 Å². The van der Waals surface area contributed by atoms with Crippen molar-refractivity contribution in [2.75, 3.05) is 23.8 Å². The molecule has 0 aromatic heterocycles. The van der Waals surface area contributed by atoms with E-state index in [0.717, 1.165) is 12.8 Å². The summed E-state index contributed by atoms with van der Waals surface area (Å²) in [4.78, 5) is 35.3. The van der Waals surface area contributed by atoms with Gasteiger partial charge in [-0.05, 0) is 49.7 Å². The van der Waals surface area contributed by atoms with E-state index in [0.29, 0.717) is 29.1 Å². The quantitative estimate of drug-likeness (QED) is 0.398. The molecule has 2 aromatic rings. The highest BCUT2D eigenvalue weighted by atomic mass is 16.5. The molecule has 0 aliphatic carbocycles. The van der Waals surface area contributed by atoms with Crippen LogP contribution in [0.2, 0.25) is 0 Å². The Balaban J connectivity index is 1.84. The Morgan fingerprint density at radius 2 is 1.70 bits per heavy atom. The Labute approximate surface area is 158 Å². The van der Waals surface area contributed by atoms with Crippen LogP contribution in [0.1, 0.15) is 47.4 Å². The molecule has 0 unspecified atom stereocenters. The molecule has 0 saturated heterocycles. The number of anilines is 2. The standard InChI is InChI=1S/C21H24N2O4/c1-3-4-12-27-21(26)16-8-10-18(11-9-16)23-20(25)14-22-19-7-5-6-17(13-19)15(2)24/h5-11,13,22H,3-4,12,14H2,1-2H3,(H,23,25). The smallest absolute Gasteiger partial charge is 0.338 e. The molecular formula is C21H24N2O4. The van der Waals surface area contributed by atoms with Gasteiger partial charge >= 0.3 is 5.97 Å². The maximum absolute atomic E-state index is 12.1. The van der Waals surface area contributed by atoms with Gasteiger partial charge < -0.3 is 15.4 Å². The van der Waals surface area contributed by atoms with E-state index in [1.807, 2.05) is 6.92 Å². The Morgan fingerprint density at radius 3 is 2.37 bits per heavy atom. The highest BCUT2D eigenvalue weighted by Crippen LogP contribution is 2.13. The third-order valence-corrected chi connectivity index (χ3v) is 3.86. The number of unbranched alkanes of at least 4 members (excludes halogenated alkanes) is 1. The van der Waals surface area contributed by atoms with E-state index in [9.17, 15) is 14.4 Å². The Bertz CT molecular complexity index is 800. The summed E-state index contributed by atoms with van der Waals surface area (Å²) in [6.07, 6.45) is 1.80. The molecule has 142 valence electrons. The lowest BCUT2D eigenvalue weighted by atomic mass is 10.1. The van der Waals surface area contributed by atoms with Crippen LogP contribution in [0.3, 0.4) is 0 Å². The van der Waals surface area contributed by atoms with Crippen LogP contribution in [-0.4, -0.2) is 30.8 Å². The summed E-state index contributed by atoms with van der Waals surface area (Å²) >= 11 is 0. The molecular weight excluding hydrogens is 344 g/mol. The predicted octanol–water partition coefficient (Wildman–Crippen LogP) is 3.90. The van der Waals surface area contributed by atoms with Crippen LogP contribution in [0.15, 0.2) is 48.5 Å². The fraction of sp³-hybridized carbons (Fsp3) is 0.286. The number of carbonyl (C=O) groups is 3. The highest BCUT2D eigenvalue weighted by Gasteiger charge is 2.08. The molecule has 0 fully saturated rings. The highest BCUT2D eigenvalue weighted by molar-refractivity contribution is 5.96. The second-order valence-electron chi connectivity index (χ2n) is 6.11. The van der Waals surface area contributed by atoms with Crippen LogP contribution in [0.4, 0.5) is 11.4 Å². The van der Waals surface area contributed by atoms with Gasteiger partial charge in [0.15, 0.2) is 5.78 Å². The van der Waals surface area contributed by atoms with Gasteiger partial charge in [-0.15, -0.1) is 0 Å². The van der Waals surface area contributed by atoms with Crippen molar-refractivity contribution in [2.45, 2.75) is 26.7 Å². The van der Waals surface area contributed by atoms with Gasteiger partial charge in [-0.1, -0.05) is 25.5 Å². The van der Waals surface area contributed by atoms with Crippen molar-refractivity contribution in [1.82, 2.24) is 0 Å². The SMILES string of the molecule is CCCCOC(=O)c1ccc(NC(=O)CNc2cccc(C(C)=O)c2)cc1. The van der Waals surface area contributed by atoms with E-state index < -0.39 is 0 Å². The summed E-state index contributed by atoms with van der Waals surface area (Å²) in [5.41, 5.74) is 2.32. The monoisotopic (exact) mass is 368 g/mol. The number of benzene rings is 2. The first-order chi connectivity index (χ1) is 13.0. The Hall–Kier alpha value is -3.15. The van der Waals surface area contributed by atoms with Crippen molar-refractivity contribution in [3.8, 4) is 0 Å². The number of amides is 1. The topological polar surface area (TPSA) is 84.5 Å². The van der Waals surface area contributed by atoms with Crippen LogP contribution < -0.4 is 10.6 Å². The minimum atomic E-state index is -0.367. The number of hydrogen-bond donors (Lipinski definition) is 2. The molecule has 6 nitrogen and oxygen atoms in total. The van der Waals surface area contributed by atoms with E-state index in [2.05, 4.69) is 10.6 Å². The van der Waals surface area contributed by atoms with Crippen molar-refractivity contribution in [1.29, 1.82) is 0 Å². The van der Waals surface area contributed by atoms with Gasteiger partial charge in [-0.3, -0.25) is 9.59 Å². The fourth-order valence-corrected chi connectivity index (χ4v) is 2.32. The molecule has 0 aliphatic heterocycles. The zero-order valence-electron chi connectivity index (χ0n) is 15.6. The zero-order valence-corrected chi connectivity index (χ0v) is 15.6. The predicted molar refractivity (Wildman–Crippen MR) is 105 cm³/mol. The van der Waals surface area contributed by atoms with Crippen molar-refractivity contribution >= 4 is 29.0 Å². The van der Waals surface area contributed by atoms with E-state index in [1.165, 1.54) is 6.92 Å². The number of nitrogens with one attached hydrogen (secondary N) is 2. The molecule has 0 atom stereocenters. The summed E-state index contributed by atoms with van der Waals surface area (Å²) in [6.45, 7) is 3.99. The first-order valence-electron chi connectivity index (χ1n) is 8.91. The lowest BCUT2D eigenvalue weighted by Crippen LogP contribution is -2.21. The Kier molecular flexibility index (Phi) is 7.55. The second-order valence-corrected chi connectivity index (χ2v) is 6.11. The first kappa shape index (κ1) is 20.2. The largest absolute Gasteiger partial charge is 0.462 e. The normalized spacial score (nSPS) is 10.1. The average molecular weight is 368 g/mol. The maximum Gasteiger partial charge on any atom is 0.338 e. The van der Waals surface area contributed by atoms with E-state index in [4.69, 9.17) is 4.74 Å². The summed E-state index contributed by atoms with van der Waals surface area (Å²) in [6, 6.07) is 13.5. The minimum Gasteiger partial charge on any atom is -0.462 e. The van der Waals surface area contributed by atoms with Gasteiger partial charge in [0, 0.05) is 16.9 Å². The zero-order chi connectivity index (χ0) is 19.6. The molecule has 27 heavy (non-hydrogen) atoms. The molecule has 2 rings (SSSR count). The Morgan fingerprint density at radius 1 is 0.963 bits per heavy atom. The lowest BCUT2D eigenvalue weighted by molar-refractivity contribution is -0.114. The van der Waals surface area contributed by atoms with Gasteiger partial charge in [0.05, 0.1) is 18.7 Å². The van der Waals surface area contributed by atoms with Crippen molar-refractivity contribution in [3.63, 3.8) is 0 Å². The number of carbonyl (C=O) groups excluding carboxylic acids is 3. The van der Waals surface area contributed by atoms with Gasteiger partial charge in [0.25, 0.3) is 0 Å². The van der Waals surface area contributed by atoms with Gasteiger partial charge in [0.2, 0.25) is 5.91 Å². The lowest BCUT2D eigenvalue weighted by Gasteiger charge is -2.09. The number of hydrogen-bond acceptors (Lipinski definition) is 5. The third kappa shape index (κ3) is 6.58. The maximum atomic E-state index is 12.1. The fourth-order valence-electron chi connectivity index (χ4n) is 2.32. The molecule has 2 aromatic carbocycles.